The Labute approximate surface area is 139 Å². The number of hydrogen-bond acceptors (Lipinski definition) is 3. The predicted octanol–water partition coefficient (Wildman–Crippen LogP) is 4.56. The van der Waals surface area contributed by atoms with Gasteiger partial charge in [-0.25, -0.2) is 0 Å². The van der Waals surface area contributed by atoms with Gasteiger partial charge in [-0.1, -0.05) is 17.7 Å². The van der Waals surface area contributed by atoms with Crippen LogP contribution in [0.2, 0.25) is 5.02 Å². The maximum absolute atomic E-state index is 12.0. The van der Waals surface area contributed by atoms with Crippen molar-refractivity contribution < 1.29 is 4.79 Å². The lowest BCUT2D eigenvalue weighted by Gasteiger charge is -2.07. The second-order valence-electron chi connectivity index (χ2n) is 4.89. The summed E-state index contributed by atoms with van der Waals surface area (Å²) < 4.78 is 0. The predicted molar refractivity (Wildman–Crippen MR) is 91.4 cm³/mol. The van der Waals surface area contributed by atoms with Gasteiger partial charge in [-0.2, -0.15) is 5.26 Å². The van der Waals surface area contributed by atoms with Crippen molar-refractivity contribution in [1.82, 2.24) is 0 Å². The third-order valence-corrected chi connectivity index (χ3v) is 4.53. The lowest BCUT2D eigenvalue weighted by Crippen LogP contribution is -2.14. The third-order valence-electron chi connectivity index (χ3n) is 3.22. The van der Waals surface area contributed by atoms with E-state index in [1.807, 2.05) is 12.1 Å². The van der Waals surface area contributed by atoms with E-state index in [-0.39, 0.29) is 5.91 Å². The fourth-order valence-electron chi connectivity index (χ4n) is 1.83. The van der Waals surface area contributed by atoms with Crippen molar-refractivity contribution in [2.45, 2.75) is 18.7 Å². The summed E-state index contributed by atoms with van der Waals surface area (Å²) in [5, 5.41) is 11.9. The lowest BCUT2D eigenvalue weighted by atomic mass is 10.1. The number of hydrogen-bond donors (Lipinski definition) is 1. The van der Waals surface area contributed by atoms with Gasteiger partial charge in [-0.05, 0) is 55.3 Å². The standard InChI is InChI=1S/C17H15ClN2OS/c1-11-3-6-15(7-12(11)2)22-10-17(21)20-14-5-4-13(9-19)16(18)8-14/h3-8H,10H2,1-2H3,(H,20,21). The fraction of sp³-hybridized carbons (Fsp3) is 0.176. The number of amides is 1. The molecule has 5 heteroatoms. The van der Waals surface area contributed by atoms with Crippen molar-refractivity contribution in [1.29, 1.82) is 5.26 Å². The molecule has 0 fully saturated rings. The first-order chi connectivity index (χ1) is 10.5. The normalized spacial score (nSPS) is 10.1. The van der Waals surface area contributed by atoms with Crippen LogP contribution >= 0.6 is 23.4 Å². The highest BCUT2D eigenvalue weighted by Crippen LogP contribution is 2.23. The van der Waals surface area contributed by atoms with E-state index >= 15 is 0 Å². The number of rotatable bonds is 4. The van der Waals surface area contributed by atoms with Crippen molar-refractivity contribution in [3.63, 3.8) is 0 Å². The van der Waals surface area contributed by atoms with Crippen molar-refractivity contribution in [3.8, 4) is 6.07 Å². The Kier molecular flexibility index (Phi) is 5.48. The zero-order chi connectivity index (χ0) is 16.1. The average Bonchev–Trinajstić information content (AvgIpc) is 2.49. The minimum absolute atomic E-state index is 0.107. The Hall–Kier alpha value is -1.96. The van der Waals surface area contributed by atoms with Crippen molar-refractivity contribution in [2.75, 3.05) is 11.1 Å². The van der Waals surface area contributed by atoms with Crippen LogP contribution in [0, 0.1) is 25.2 Å². The van der Waals surface area contributed by atoms with Crippen molar-refractivity contribution in [2.24, 2.45) is 0 Å². The fourth-order valence-corrected chi connectivity index (χ4v) is 2.85. The largest absolute Gasteiger partial charge is 0.325 e. The SMILES string of the molecule is Cc1ccc(SCC(=O)Nc2ccc(C#N)c(Cl)c2)cc1C. The Morgan fingerprint density at radius 2 is 2.00 bits per heavy atom. The number of nitriles is 1. The van der Waals surface area contributed by atoms with Crippen LogP contribution in [0.25, 0.3) is 0 Å². The second kappa shape index (κ2) is 7.35. The molecule has 0 aliphatic rings. The van der Waals surface area contributed by atoms with Gasteiger partial charge in [0.2, 0.25) is 5.91 Å². The summed E-state index contributed by atoms with van der Waals surface area (Å²) >= 11 is 7.42. The van der Waals surface area contributed by atoms with Gasteiger partial charge in [-0.3, -0.25) is 4.79 Å². The van der Waals surface area contributed by atoms with Crippen LogP contribution in [0.5, 0.6) is 0 Å². The van der Waals surface area contributed by atoms with Gasteiger partial charge >= 0.3 is 0 Å². The molecule has 0 spiro atoms. The summed E-state index contributed by atoms with van der Waals surface area (Å²) in [5.74, 6) is 0.212. The number of halogens is 1. The quantitative estimate of drug-likeness (QED) is 0.836. The monoisotopic (exact) mass is 330 g/mol. The number of aryl methyl sites for hydroxylation is 2. The molecule has 0 radical (unpaired) electrons. The molecule has 2 rings (SSSR count). The molecule has 0 saturated carbocycles. The highest BCUT2D eigenvalue weighted by Gasteiger charge is 2.06. The molecule has 0 aromatic heterocycles. The Balaban J connectivity index is 1.94. The number of carbonyl (C=O) groups is 1. The van der Waals surface area contributed by atoms with E-state index in [1.54, 1.807) is 18.2 Å². The second-order valence-corrected chi connectivity index (χ2v) is 6.35. The van der Waals surface area contributed by atoms with Crippen molar-refractivity contribution >= 4 is 35.0 Å². The Morgan fingerprint density at radius 1 is 1.23 bits per heavy atom. The molecule has 0 bridgehead atoms. The summed E-state index contributed by atoms with van der Waals surface area (Å²) in [6, 6.07) is 13.0. The number of carbonyl (C=O) groups excluding carboxylic acids is 1. The van der Waals surface area contributed by atoms with Crippen LogP contribution in [-0.4, -0.2) is 11.7 Å². The minimum atomic E-state index is -0.107. The van der Waals surface area contributed by atoms with Crippen LogP contribution < -0.4 is 5.32 Å². The van der Waals surface area contributed by atoms with Gasteiger partial charge in [0.1, 0.15) is 6.07 Å². The van der Waals surface area contributed by atoms with Gasteiger partial charge in [0.15, 0.2) is 0 Å². The molecule has 0 aliphatic carbocycles. The topological polar surface area (TPSA) is 52.9 Å². The first-order valence-corrected chi connectivity index (χ1v) is 8.05. The highest BCUT2D eigenvalue weighted by molar-refractivity contribution is 8.00. The van der Waals surface area contributed by atoms with Crippen LogP contribution in [0.4, 0.5) is 5.69 Å². The first kappa shape index (κ1) is 16.4. The summed E-state index contributed by atoms with van der Waals surface area (Å²) in [6.45, 7) is 4.11. The number of nitrogens with zero attached hydrogens (tertiary/aromatic N) is 1. The summed E-state index contributed by atoms with van der Waals surface area (Å²) in [4.78, 5) is 13.0. The van der Waals surface area contributed by atoms with E-state index in [0.29, 0.717) is 22.0 Å². The molecule has 1 N–H and O–H groups in total. The van der Waals surface area contributed by atoms with Gasteiger partial charge in [0.25, 0.3) is 0 Å². The molecule has 2 aromatic carbocycles. The number of anilines is 1. The van der Waals surface area contributed by atoms with E-state index in [9.17, 15) is 4.79 Å². The zero-order valence-corrected chi connectivity index (χ0v) is 13.9. The van der Waals surface area contributed by atoms with E-state index in [0.717, 1.165) is 4.90 Å². The molecule has 22 heavy (non-hydrogen) atoms. The van der Waals surface area contributed by atoms with Crippen LogP contribution in [-0.2, 0) is 4.79 Å². The lowest BCUT2D eigenvalue weighted by molar-refractivity contribution is -0.113. The van der Waals surface area contributed by atoms with Crippen LogP contribution in [0.3, 0.4) is 0 Å². The van der Waals surface area contributed by atoms with E-state index in [4.69, 9.17) is 16.9 Å². The molecule has 0 heterocycles. The molecular formula is C17H15ClN2OS. The van der Waals surface area contributed by atoms with Gasteiger partial charge < -0.3 is 5.32 Å². The molecule has 0 saturated heterocycles. The molecule has 3 nitrogen and oxygen atoms in total. The smallest absolute Gasteiger partial charge is 0.234 e. The number of thioether (sulfide) groups is 1. The number of benzene rings is 2. The molecular weight excluding hydrogens is 316 g/mol. The van der Waals surface area contributed by atoms with Crippen LogP contribution in [0.1, 0.15) is 16.7 Å². The van der Waals surface area contributed by atoms with E-state index in [1.165, 1.54) is 22.9 Å². The van der Waals surface area contributed by atoms with E-state index < -0.39 is 0 Å². The maximum atomic E-state index is 12.0. The average molecular weight is 331 g/mol. The number of nitrogens with one attached hydrogen (secondary N) is 1. The van der Waals surface area contributed by atoms with Crippen molar-refractivity contribution in [3.05, 3.63) is 58.1 Å². The summed E-state index contributed by atoms with van der Waals surface area (Å²) in [5.41, 5.74) is 3.43. The van der Waals surface area contributed by atoms with Crippen LogP contribution in [0.15, 0.2) is 41.3 Å². The third kappa shape index (κ3) is 4.27. The van der Waals surface area contributed by atoms with Gasteiger partial charge in [-0.15, -0.1) is 11.8 Å². The molecule has 2 aromatic rings. The summed E-state index contributed by atoms with van der Waals surface area (Å²) in [7, 11) is 0. The molecule has 0 aliphatic heterocycles. The Bertz CT molecular complexity index is 753. The summed E-state index contributed by atoms with van der Waals surface area (Å²) in [6.07, 6.45) is 0. The molecule has 0 atom stereocenters. The maximum Gasteiger partial charge on any atom is 0.234 e. The first-order valence-electron chi connectivity index (χ1n) is 6.69. The molecule has 1 amide bonds. The molecule has 0 unspecified atom stereocenters. The van der Waals surface area contributed by atoms with Gasteiger partial charge in [0, 0.05) is 10.6 Å². The highest BCUT2D eigenvalue weighted by atomic mass is 35.5. The Morgan fingerprint density at radius 3 is 2.64 bits per heavy atom. The van der Waals surface area contributed by atoms with Gasteiger partial charge in [0.05, 0.1) is 16.3 Å². The van der Waals surface area contributed by atoms with E-state index in [2.05, 4.69) is 31.3 Å². The molecule has 112 valence electrons. The zero-order valence-electron chi connectivity index (χ0n) is 12.3. The minimum Gasteiger partial charge on any atom is -0.325 e.